The number of amides is 4. The maximum atomic E-state index is 13.0. The summed E-state index contributed by atoms with van der Waals surface area (Å²) in [5, 5.41) is 2.62. The molecule has 0 unspecified atom stereocenters. The highest BCUT2D eigenvalue weighted by Gasteiger charge is 2.37. The third kappa shape index (κ3) is 3.71. The number of nitrogens with one attached hydrogen (secondary N) is 1. The topological polar surface area (TPSA) is 75.7 Å². The molecule has 0 spiro atoms. The number of methoxy groups -OCH3 is 1. The lowest BCUT2D eigenvalue weighted by Gasteiger charge is -2.28. The van der Waals surface area contributed by atoms with Crippen LogP contribution < -0.4 is 15.0 Å². The molecule has 2 aromatic rings. The Bertz CT molecular complexity index is 968. The number of ether oxygens (including phenoxy) is 1. The van der Waals surface area contributed by atoms with E-state index in [2.05, 4.69) is 5.32 Å². The molecular formula is C20H17ClN2O4. The number of hydrogen-bond donors (Lipinski definition) is 1. The number of halogens is 1. The second-order valence-electron chi connectivity index (χ2n) is 5.86. The molecule has 0 atom stereocenters. The number of aryl methyl sites for hydroxylation is 1. The molecule has 6 nitrogen and oxygen atoms in total. The molecule has 3 rings (SSSR count). The lowest BCUT2D eigenvalue weighted by atomic mass is 10.0. The van der Waals surface area contributed by atoms with Crippen LogP contribution in [0.25, 0.3) is 6.08 Å². The summed E-state index contributed by atoms with van der Waals surface area (Å²) in [5.41, 5.74) is 1.62. The van der Waals surface area contributed by atoms with E-state index in [0.29, 0.717) is 28.4 Å². The van der Waals surface area contributed by atoms with Crippen LogP contribution in [0.3, 0.4) is 0 Å². The first-order valence-corrected chi connectivity index (χ1v) is 8.66. The lowest BCUT2D eigenvalue weighted by Crippen LogP contribution is -2.54. The van der Waals surface area contributed by atoms with Crippen molar-refractivity contribution in [3.63, 3.8) is 0 Å². The average molecular weight is 385 g/mol. The molecule has 138 valence electrons. The largest absolute Gasteiger partial charge is 0.497 e. The number of rotatable bonds is 4. The molecule has 1 saturated heterocycles. The van der Waals surface area contributed by atoms with E-state index in [4.69, 9.17) is 16.3 Å². The van der Waals surface area contributed by atoms with Gasteiger partial charge in [0.15, 0.2) is 0 Å². The van der Waals surface area contributed by atoms with E-state index in [1.807, 2.05) is 19.1 Å². The van der Waals surface area contributed by atoms with Crippen molar-refractivity contribution in [2.24, 2.45) is 0 Å². The number of barbiturate groups is 1. The Labute approximate surface area is 161 Å². The van der Waals surface area contributed by atoms with Crippen molar-refractivity contribution < 1.29 is 19.1 Å². The number of hydrogen-bond acceptors (Lipinski definition) is 4. The molecule has 2 aromatic carbocycles. The Kier molecular flexibility index (Phi) is 5.28. The zero-order chi connectivity index (χ0) is 19.6. The van der Waals surface area contributed by atoms with Gasteiger partial charge in [-0.05, 0) is 47.9 Å². The van der Waals surface area contributed by atoms with Crippen LogP contribution >= 0.6 is 11.6 Å². The normalized spacial score (nSPS) is 15.9. The third-order valence-corrected chi connectivity index (χ3v) is 4.37. The van der Waals surface area contributed by atoms with Crippen molar-refractivity contribution in [2.75, 3.05) is 12.0 Å². The average Bonchev–Trinajstić information content (AvgIpc) is 2.65. The van der Waals surface area contributed by atoms with E-state index >= 15 is 0 Å². The number of urea groups is 1. The number of benzene rings is 2. The molecule has 0 bridgehead atoms. The van der Waals surface area contributed by atoms with Crippen molar-refractivity contribution in [1.29, 1.82) is 0 Å². The minimum Gasteiger partial charge on any atom is -0.497 e. The molecule has 1 aliphatic rings. The molecule has 1 heterocycles. The van der Waals surface area contributed by atoms with E-state index in [-0.39, 0.29) is 5.57 Å². The number of anilines is 1. The van der Waals surface area contributed by atoms with Gasteiger partial charge >= 0.3 is 6.03 Å². The summed E-state index contributed by atoms with van der Waals surface area (Å²) in [6.07, 6.45) is 2.02. The van der Waals surface area contributed by atoms with Crippen molar-refractivity contribution in [3.8, 4) is 5.75 Å². The van der Waals surface area contributed by atoms with Crippen LogP contribution in [-0.2, 0) is 16.0 Å². The standard InChI is InChI=1S/C20H17ClN2O4/c1-3-13-6-4-5-7-17(13)23-19(25)16(18(24)22-20(23)26)10-12-8-14(21)11-15(9-12)27-2/h4-11H,3H2,1-2H3,(H,22,24,26)/b16-10-. The summed E-state index contributed by atoms with van der Waals surface area (Å²) >= 11 is 6.05. The first-order valence-electron chi connectivity index (χ1n) is 8.28. The fourth-order valence-corrected chi connectivity index (χ4v) is 3.09. The summed E-state index contributed by atoms with van der Waals surface area (Å²) in [4.78, 5) is 38.6. The van der Waals surface area contributed by atoms with Crippen LogP contribution in [0.4, 0.5) is 10.5 Å². The molecular weight excluding hydrogens is 368 g/mol. The Balaban J connectivity index is 2.06. The van der Waals surface area contributed by atoms with Crippen molar-refractivity contribution in [1.82, 2.24) is 5.32 Å². The van der Waals surface area contributed by atoms with Gasteiger partial charge < -0.3 is 4.74 Å². The van der Waals surface area contributed by atoms with Crippen LogP contribution in [0.2, 0.25) is 5.02 Å². The quantitative estimate of drug-likeness (QED) is 0.645. The zero-order valence-corrected chi connectivity index (χ0v) is 15.5. The number of carbonyl (C=O) groups excluding carboxylic acids is 3. The van der Waals surface area contributed by atoms with E-state index in [9.17, 15) is 14.4 Å². The summed E-state index contributed by atoms with van der Waals surface area (Å²) in [5.74, 6) is -0.958. The van der Waals surface area contributed by atoms with Crippen LogP contribution in [-0.4, -0.2) is 25.0 Å². The number of nitrogens with zero attached hydrogens (tertiary/aromatic N) is 1. The van der Waals surface area contributed by atoms with Gasteiger partial charge in [0.05, 0.1) is 12.8 Å². The molecule has 0 aliphatic carbocycles. The van der Waals surface area contributed by atoms with Gasteiger partial charge in [-0.25, -0.2) is 9.69 Å². The van der Waals surface area contributed by atoms with Gasteiger partial charge in [-0.2, -0.15) is 0 Å². The van der Waals surface area contributed by atoms with E-state index in [1.54, 1.807) is 30.3 Å². The molecule has 0 saturated carbocycles. The van der Waals surface area contributed by atoms with Crippen LogP contribution in [0, 0.1) is 0 Å². The van der Waals surface area contributed by atoms with Gasteiger partial charge in [-0.15, -0.1) is 0 Å². The molecule has 0 aromatic heterocycles. The molecule has 7 heteroatoms. The fourth-order valence-electron chi connectivity index (χ4n) is 2.86. The first-order chi connectivity index (χ1) is 12.9. The SMILES string of the molecule is CCc1ccccc1N1C(=O)NC(=O)/C(=C/c2cc(Cl)cc(OC)c2)C1=O. The second-order valence-corrected chi connectivity index (χ2v) is 6.30. The van der Waals surface area contributed by atoms with Gasteiger partial charge in [0.1, 0.15) is 11.3 Å². The van der Waals surface area contributed by atoms with Crippen LogP contribution in [0.15, 0.2) is 48.0 Å². The van der Waals surface area contributed by atoms with Crippen molar-refractivity contribution in [2.45, 2.75) is 13.3 Å². The number of para-hydroxylation sites is 1. The van der Waals surface area contributed by atoms with Crippen LogP contribution in [0.5, 0.6) is 5.75 Å². The summed E-state index contributed by atoms with van der Waals surface area (Å²) in [7, 11) is 1.49. The highest BCUT2D eigenvalue weighted by molar-refractivity contribution is 6.39. The second kappa shape index (κ2) is 7.63. The van der Waals surface area contributed by atoms with Gasteiger partial charge in [0, 0.05) is 5.02 Å². The van der Waals surface area contributed by atoms with E-state index in [1.165, 1.54) is 13.2 Å². The number of carbonyl (C=O) groups is 3. The molecule has 1 N–H and O–H groups in total. The Morgan fingerprint density at radius 1 is 1.15 bits per heavy atom. The molecule has 1 fully saturated rings. The van der Waals surface area contributed by atoms with Crippen molar-refractivity contribution in [3.05, 3.63) is 64.2 Å². The Morgan fingerprint density at radius 2 is 1.89 bits per heavy atom. The third-order valence-electron chi connectivity index (χ3n) is 4.16. The molecule has 27 heavy (non-hydrogen) atoms. The Morgan fingerprint density at radius 3 is 2.59 bits per heavy atom. The van der Waals surface area contributed by atoms with E-state index < -0.39 is 17.8 Å². The highest BCUT2D eigenvalue weighted by atomic mass is 35.5. The minimum absolute atomic E-state index is 0.162. The van der Waals surface area contributed by atoms with Gasteiger partial charge in [-0.3, -0.25) is 14.9 Å². The van der Waals surface area contributed by atoms with Crippen LogP contribution in [0.1, 0.15) is 18.1 Å². The minimum atomic E-state index is -0.772. The van der Waals surface area contributed by atoms with Gasteiger partial charge in [0.25, 0.3) is 11.8 Å². The maximum absolute atomic E-state index is 13.0. The highest BCUT2D eigenvalue weighted by Crippen LogP contribution is 2.27. The fraction of sp³-hybridized carbons (Fsp3) is 0.150. The summed E-state index contributed by atoms with van der Waals surface area (Å²) in [6, 6.07) is 11.1. The zero-order valence-electron chi connectivity index (χ0n) is 14.8. The summed E-state index contributed by atoms with van der Waals surface area (Å²) < 4.78 is 5.15. The Hall–Kier alpha value is -3.12. The first kappa shape index (κ1) is 18.7. The molecule has 1 aliphatic heterocycles. The smallest absolute Gasteiger partial charge is 0.335 e. The molecule has 0 radical (unpaired) electrons. The summed E-state index contributed by atoms with van der Waals surface area (Å²) in [6.45, 7) is 1.92. The van der Waals surface area contributed by atoms with E-state index in [0.717, 1.165) is 10.5 Å². The van der Waals surface area contributed by atoms with Crippen molar-refractivity contribution >= 4 is 41.2 Å². The predicted octanol–water partition coefficient (Wildman–Crippen LogP) is 3.58. The maximum Gasteiger partial charge on any atom is 0.335 e. The van der Waals surface area contributed by atoms with Gasteiger partial charge in [0.2, 0.25) is 0 Å². The molecule has 4 amide bonds. The predicted molar refractivity (Wildman–Crippen MR) is 103 cm³/mol. The monoisotopic (exact) mass is 384 g/mol. The van der Waals surface area contributed by atoms with Gasteiger partial charge in [-0.1, -0.05) is 36.7 Å². The lowest BCUT2D eigenvalue weighted by molar-refractivity contribution is -0.122. The number of imide groups is 2.